The molecule has 1 atom stereocenters. The Morgan fingerprint density at radius 2 is 1.94 bits per heavy atom. The van der Waals surface area contributed by atoms with E-state index in [0.29, 0.717) is 46.7 Å². The number of carbonyl (C=O) groups excluding carboxylic acids is 1. The van der Waals surface area contributed by atoms with Gasteiger partial charge in [0.2, 0.25) is 0 Å². The van der Waals surface area contributed by atoms with Crippen LogP contribution in [0.4, 0.5) is 24.8 Å². The number of rotatable bonds is 3. The molecule has 36 heavy (non-hydrogen) atoms. The van der Waals surface area contributed by atoms with Crippen molar-refractivity contribution < 1.29 is 18.0 Å². The molecule has 2 aromatic carbocycles. The summed E-state index contributed by atoms with van der Waals surface area (Å²) in [5, 5.41) is 4.02. The molecule has 0 fully saturated rings. The Bertz CT molecular complexity index is 1630. The van der Waals surface area contributed by atoms with Crippen LogP contribution in [0.1, 0.15) is 39.5 Å². The lowest BCUT2D eigenvalue weighted by molar-refractivity contribution is -0.137. The number of nitrogen functional groups attached to an aromatic ring is 1. The van der Waals surface area contributed by atoms with Crippen LogP contribution in [0.15, 0.2) is 65.7 Å². The van der Waals surface area contributed by atoms with Crippen LogP contribution in [0, 0.1) is 0 Å². The quantitative estimate of drug-likeness (QED) is 0.296. The molecule has 1 aliphatic carbocycles. The van der Waals surface area contributed by atoms with E-state index < -0.39 is 17.8 Å². The van der Waals surface area contributed by atoms with E-state index in [4.69, 9.17) is 5.73 Å². The number of hydrogen-bond donors (Lipinski definition) is 1. The molecule has 0 saturated heterocycles. The van der Waals surface area contributed by atoms with E-state index in [0.717, 1.165) is 22.2 Å². The number of halogens is 3. The third-order valence-corrected chi connectivity index (χ3v) is 7.16. The van der Waals surface area contributed by atoms with Gasteiger partial charge in [0, 0.05) is 39.5 Å². The van der Waals surface area contributed by atoms with Crippen LogP contribution in [0.25, 0.3) is 21.7 Å². The first-order valence-corrected chi connectivity index (χ1v) is 12.1. The molecule has 0 aliphatic heterocycles. The van der Waals surface area contributed by atoms with Crippen molar-refractivity contribution >= 4 is 50.6 Å². The highest BCUT2D eigenvalue weighted by Crippen LogP contribution is 2.42. The highest BCUT2D eigenvalue weighted by molar-refractivity contribution is 7.07. The van der Waals surface area contributed by atoms with Crippen LogP contribution in [0.3, 0.4) is 0 Å². The number of thiazole rings is 1. The summed E-state index contributed by atoms with van der Waals surface area (Å²) in [6.45, 7) is 0. The molecule has 2 N–H and O–H groups in total. The summed E-state index contributed by atoms with van der Waals surface area (Å²) in [5.41, 5.74) is 9.39. The second-order valence-electron chi connectivity index (χ2n) is 8.64. The zero-order valence-electron chi connectivity index (χ0n) is 18.7. The van der Waals surface area contributed by atoms with Crippen molar-refractivity contribution in [2.45, 2.75) is 25.1 Å². The summed E-state index contributed by atoms with van der Waals surface area (Å²) in [4.78, 5) is 28.6. The van der Waals surface area contributed by atoms with Crippen LogP contribution >= 0.6 is 11.3 Å². The number of anilines is 2. The van der Waals surface area contributed by atoms with Gasteiger partial charge in [0.1, 0.15) is 11.6 Å². The van der Waals surface area contributed by atoms with Crippen molar-refractivity contribution in [3.8, 4) is 0 Å². The smallest absolute Gasteiger partial charge is 0.383 e. The molecule has 0 radical (unpaired) electrons. The number of amides is 1. The molecule has 6 rings (SSSR count). The molecule has 0 unspecified atom stereocenters. The molecule has 3 aromatic heterocycles. The van der Waals surface area contributed by atoms with Crippen LogP contribution in [-0.2, 0) is 12.6 Å². The Balaban J connectivity index is 1.45. The van der Waals surface area contributed by atoms with Crippen molar-refractivity contribution in [3.05, 3.63) is 88.0 Å². The van der Waals surface area contributed by atoms with E-state index in [1.54, 1.807) is 52.4 Å². The average molecular weight is 506 g/mol. The fourth-order valence-electron chi connectivity index (χ4n) is 4.91. The minimum Gasteiger partial charge on any atom is -0.383 e. The van der Waals surface area contributed by atoms with Gasteiger partial charge in [-0.25, -0.2) is 9.97 Å². The predicted molar refractivity (Wildman–Crippen MR) is 133 cm³/mol. The Morgan fingerprint density at radius 3 is 2.72 bits per heavy atom. The molecular formula is C26H18F3N5OS. The zero-order chi connectivity index (χ0) is 25.0. The minimum absolute atomic E-state index is 0.297. The molecule has 5 aromatic rings. The summed E-state index contributed by atoms with van der Waals surface area (Å²) in [7, 11) is 0. The van der Waals surface area contributed by atoms with Gasteiger partial charge in [0.05, 0.1) is 22.6 Å². The van der Waals surface area contributed by atoms with Gasteiger partial charge in [0.25, 0.3) is 5.91 Å². The predicted octanol–water partition coefficient (Wildman–Crippen LogP) is 6.17. The molecule has 0 bridgehead atoms. The van der Waals surface area contributed by atoms with E-state index in [-0.39, 0.29) is 5.91 Å². The van der Waals surface area contributed by atoms with Crippen LogP contribution in [-0.4, -0.2) is 20.9 Å². The number of carbonyl (C=O) groups is 1. The van der Waals surface area contributed by atoms with Crippen molar-refractivity contribution in [2.24, 2.45) is 0 Å². The fourth-order valence-corrected chi connectivity index (χ4v) is 5.44. The molecule has 0 saturated carbocycles. The fraction of sp³-hybridized carbons (Fsp3) is 0.154. The molecule has 10 heteroatoms. The Morgan fingerprint density at radius 1 is 1.08 bits per heavy atom. The van der Waals surface area contributed by atoms with Crippen molar-refractivity contribution in [2.75, 3.05) is 10.6 Å². The summed E-state index contributed by atoms with van der Waals surface area (Å²) >= 11 is 1.35. The number of hydrogen-bond acceptors (Lipinski definition) is 6. The Labute approximate surface area is 207 Å². The van der Waals surface area contributed by atoms with E-state index in [1.807, 2.05) is 0 Å². The van der Waals surface area contributed by atoms with Crippen LogP contribution in [0.5, 0.6) is 0 Å². The maximum absolute atomic E-state index is 14.0. The second-order valence-corrected chi connectivity index (χ2v) is 9.36. The van der Waals surface area contributed by atoms with Crippen molar-refractivity contribution in [3.63, 3.8) is 0 Å². The summed E-state index contributed by atoms with van der Waals surface area (Å²) in [6, 6.07) is 10.3. The van der Waals surface area contributed by atoms with Crippen molar-refractivity contribution in [1.29, 1.82) is 0 Å². The SMILES string of the molecule is Nc1nc2ccc(C(=O)N(c3cscn3)[C@@H]3CCc4cc(C(F)(F)F)ccc43)cc2c2cnccc12. The van der Waals surface area contributed by atoms with Gasteiger partial charge in [-0.2, -0.15) is 13.2 Å². The maximum atomic E-state index is 14.0. The first kappa shape index (κ1) is 22.4. The summed E-state index contributed by atoms with van der Waals surface area (Å²) in [6.07, 6.45) is -0.161. The lowest BCUT2D eigenvalue weighted by Gasteiger charge is -2.28. The monoisotopic (exact) mass is 505 g/mol. The topological polar surface area (TPSA) is 85.0 Å². The molecule has 6 nitrogen and oxygen atoms in total. The number of pyridine rings is 2. The highest BCUT2D eigenvalue weighted by Gasteiger charge is 2.37. The van der Waals surface area contributed by atoms with Crippen molar-refractivity contribution in [1.82, 2.24) is 15.0 Å². The number of alkyl halides is 3. The Hall–Kier alpha value is -4.05. The largest absolute Gasteiger partial charge is 0.416 e. The normalized spacial score (nSPS) is 15.4. The van der Waals surface area contributed by atoms with Gasteiger partial charge < -0.3 is 5.73 Å². The summed E-state index contributed by atoms with van der Waals surface area (Å²) in [5.74, 6) is 0.545. The van der Waals surface area contributed by atoms with E-state index in [1.165, 1.54) is 23.5 Å². The first-order valence-electron chi connectivity index (χ1n) is 11.2. The summed E-state index contributed by atoms with van der Waals surface area (Å²) < 4.78 is 39.8. The van der Waals surface area contributed by atoms with Gasteiger partial charge in [-0.05, 0) is 60.4 Å². The van der Waals surface area contributed by atoms with E-state index >= 15 is 0 Å². The number of fused-ring (bicyclic) bond motifs is 4. The minimum atomic E-state index is -4.42. The molecule has 1 amide bonds. The third kappa shape index (κ3) is 3.65. The molecule has 3 heterocycles. The lowest BCUT2D eigenvalue weighted by Crippen LogP contribution is -2.34. The molecular weight excluding hydrogens is 487 g/mol. The van der Waals surface area contributed by atoms with Gasteiger partial charge in [-0.1, -0.05) is 6.07 Å². The standard InChI is InChI=1S/C26H18F3N5OS/c27-26(28,29)16-3-4-17-14(9-16)2-6-22(17)34(23-12-36-13-32-23)25(35)15-1-5-21-19(10-15)20-11-31-8-7-18(20)24(30)33-21/h1,3-5,7-13,22H,2,6H2,(H2,30,33)/t22-/m1/s1. The number of nitrogens with zero attached hydrogens (tertiary/aromatic N) is 4. The zero-order valence-corrected chi connectivity index (χ0v) is 19.5. The van der Waals surface area contributed by atoms with E-state index in [2.05, 4.69) is 15.0 Å². The molecule has 1 aliphatic rings. The lowest BCUT2D eigenvalue weighted by atomic mass is 10.0. The first-order chi connectivity index (χ1) is 17.3. The van der Waals surface area contributed by atoms with Gasteiger partial charge in [-0.15, -0.1) is 11.3 Å². The van der Waals surface area contributed by atoms with Crippen LogP contribution < -0.4 is 10.6 Å². The molecule has 0 spiro atoms. The third-order valence-electron chi connectivity index (χ3n) is 6.58. The number of aryl methyl sites for hydroxylation is 1. The van der Waals surface area contributed by atoms with Crippen LogP contribution in [0.2, 0.25) is 0 Å². The maximum Gasteiger partial charge on any atom is 0.416 e. The number of aromatic nitrogens is 3. The molecule has 180 valence electrons. The second kappa shape index (κ2) is 8.27. The highest BCUT2D eigenvalue weighted by atomic mass is 32.1. The van der Waals surface area contributed by atoms with E-state index in [9.17, 15) is 18.0 Å². The van der Waals surface area contributed by atoms with Gasteiger partial charge in [-0.3, -0.25) is 14.7 Å². The van der Waals surface area contributed by atoms with Gasteiger partial charge >= 0.3 is 6.18 Å². The number of benzene rings is 2. The Kier molecular flexibility index (Phi) is 5.15. The number of nitrogens with two attached hydrogens (primary N) is 1. The average Bonchev–Trinajstić information content (AvgIpc) is 3.54. The van der Waals surface area contributed by atoms with Gasteiger partial charge in [0.15, 0.2) is 0 Å².